The Hall–Kier alpha value is -2.33. The van der Waals surface area contributed by atoms with Gasteiger partial charge in [-0.2, -0.15) is 0 Å². The third-order valence-corrected chi connectivity index (χ3v) is 4.34. The Kier molecular flexibility index (Phi) is 3.62. The maximum Gasteiger partial charge on any atom is 0.335 e. The normalized spacial score (nSPS) is 10.7. The first-order valence-corrected chi connectivity index (χ1v) is 7.32. The lowest BCUT2D eigenvalue weighted by molar-refractivity contribution is 0.0696. The molecule has 0 saturated carbocycles. The number of aryl methyl sites for hydroxylation is 1. The summed E-state index contributed by atoms with van der Waals surface area (Å²) in [6.07, 6.45) is 1.77. The number of rotatable bonds is 3. The second-order valence-corrected chi connectivity index (χ2v) is 5.83. The van der Waals surface area contributed by atoms with E-state index in [1.165, 1.54) is 0 Å². The van der Waals surface area contributed by atoms with Crippen molar-refractivity contribution >= 4 is 28.6 Å². The summed E-state index contributed by atoms with van der Waals surface area (Å²) in [5.41, 5.74) is 2.05. The van der Waals surface area contributed by atoms with Gasteiger partial charge in [0.15, 0.2) is 0 Å². The molecule has 1 N–H and O–H groups in total. The van der Waals surface area contributed by atoms with Gasteiger partial charge in [0.2, 0.25) is 0 Å². The van der Waals surface area contributed by atoms with Crippen molar-refractivity contribution in [1.82, 2.24) is 4.98 Å². The molecule has 0 unspecified atom stereocenters. The van der Waals surface area contributed by atoms with E-state index >= 15 is 0 Å². The summed E-state index contributed by atoms with van der Waals surface area (Å²) in [5.74, 6) is -0.894. The Morgan fingerprint density at radius 1 is 1.14 bits per heavy atom. The summed E-state index contributed by atoms with van der Waals surface area (Å²) >= 11 is 1.55. The minimum Gasteiger partial charge on any atom is -0.478 e. The molecule has 3 aromatic rings. The first-order valence-electron chi connectivity index (χ1n) is 6.51. The summed E-state index contributed by atoms with van der Waals surface area (Å²) < 4.78 is 0. The van der Waals surface area contributed by atoms with E-state index in [-0.39, 0.29) is 0 Å². The van der Waals surface area contributed by atoms with Crippen molar-refractivity contribution in [2.45, 2.75) is 16.7 Å². The molecule has 1 aromatic heterocycles. The molecular weight excluding hydrogens is 282 g/mol. The van der Waals surface area contributed by atoms with E-state index in [9.17, 15) is 9.90 Å². The number of carbonyl (C=O) groups is 1. The number of fused-ring (bicyclic) bond motifs is 1. The second-order valence-electron chi connectivity index (χ2n) is 4.71. The summed E-state index contributed by atoms with van der Waals surface area (Å²) in [5, 5.41) is 10.3. The van der Waals surface area contributed by atoms with Gasteiger partial charge in [-0.1, -0.05) is 36.0 Å². The molecule has 3 rings (SSSR count). The van der Waals surface area contributed by atoms with Crippen LogP contribution in [0.2, 0.25) is 0 Å². The van der Waals surface area contributed by atoms with Gasteiger partial charge in [-0.05, 0) is 36.8 Å². The van der Waals surface area contributed by atoms with Crippen LogP contribution in [0.4, 0.5) is 0 Å². The van der Waals surface area contributed by atoms with Crippen molar-refractivity contribution in [3.05, 3.63) is 65.9 Å². The number of hydrogen-bond acceptors (Lipinski definition) is 3. The summed E-state index contributed by atoms with van der Waals surface area (Å²) in [6, 6.07) is 15.4. The van der Waals surface area contributed by atoms with Crippen LogP contribution in [0.25, 0.3) is 10.9 Å². The van der Waals surface area contributed by atoms with E-state index in [2.05, 4.69) is 4.98 Å². The van der Waals surface area contributed by atoms with E-state index in [1.807, 2.05) is 42.5 Å². The highest BCUT2D eigenvalue weighted by Gasteiger charge is 2.09. The van der Waals surface area contributed by atoms with Crippen molar-refractivity contribution in [3.8, 4) is 0 Å². The number of pyridine rings is 1. The van der Waals surface area contributed by atoms with Crippen LogP contribution in [0.15, 0.2) is 64.5 Å². The Balaban J connectivity index is 2.03. The third kappa shape index (κ3) is 2.76. The molecule has 21 heavy (non-hydrogen) atoms. The van der Waals surface area contributed by atoms with Crippen LogP contribution in [0.1, 0.15) is 15.9 Å². The van der Waals surface area contributed by atoms with Crippen molar-refractivity contribution < 1.29 is 9.90 Å². The van der Waals surface area contributed by atoms with Gasteiger partial charge in [-0.25, -0.2) is 4.79 Å². The van der Waals surface area contributed by atoms with Crippen LogP contribution in [-0.2, 0) is 0 Å². The molecule has 2 aromatic carbocycles. The molecule has 3 nitrogen and oxygen atoms in total. The minimum atomic E-state index is -0.894. The monoisotopic (exact) mass is 295 g/mol. The van der Waals surface area contributed by atoms with Crippen molar-refractivity contribution in [2.24, 2.45) is 0 Å². The zero-order chi connectivity index (χ0) is 14.8. The quantitative estimate of drug-likeness (QED) is 0.778. The molecule has 0 bridgehead atoms. The van der Waals surface area contributed by atoms with E-state index in [1.54, 1.807) is 30.9 Å². The maximum atomic E-state index is 11.2. The first-order chi connectivity index (χ1) is 10.1. The largest absolute Gasteiger partial charge is 0.478 e. The van der Waals surface area contributed by atoms with Gasteiger partial charge in [0.1, 0.15) is 0 Å². The third-order valence-electron chi connectivity index (χ3n) is 3.28. The highest BCUT2D eigenvalue weighted by atomic mass is 32.2. The predicted molar refractivity (Wildman–Crippen MR) is 84.0 cm³/mol. The SMILES string of the molecule is Cc1ccc(Sc2ccnc3ccccc23)cc1C(=O)O. The van der Waals surface area contributed by atoms with Crippen LogP contribution in [0.3, 0.4) is 0 Å². The summed E-state index contributed by atoms with van der Waals surface area (Å²) in [7, 11) is 0. The number of nitrogens with zero attached hydrogens (tertiary/aromatic N) is 1. The summed E-state index contributed by atoms with van der Waals surface area (Å²) in [6.45, 7) is 1.81. The molecule has 4 heteroatoms. The van der Waals surface area contributed by atoms with Crippen LogP contribution in [0.5, 0.6) is 0 Å². The average molecular weight is 295 g/mol. The number of benzene rings is 2. The number of hydrogen-bond donors (Lipinski definition) is 1. The highest BCUT2D eigenvalue weighted by molar-refractivity contribution is 7.99. The number of carboxylic acid groups (broad SMARTS) is 1. The standard InChI is InChI=1S/C17H13NO2S/c1-11-6-7-12(10-14(11)17(19)20)21-16-8-9-18-15-5-3-2-4-13(15)16/h2-10H,1H3,(H,19,20). The maximum absolute atomic E-state index is 11.2. The van der Waals surface area contributed by atoms with Crippen LogP contribution >= 0.6 is 11.8 Å². The lowest BCUT2D eigenvalue weighted by Crippen LogP contribution is -1.99. The van der Waals surface area contributed by atoms with E-state index in [4.69, 9.17) is 0 Å². The van der Waals surface area contributed by atoms with E-state index in [0.29, 0.717) is 5.56 Å². The lowest BCUT2D eigenvalue weighted by Gasteiger charge is -2.07. The molecule has 0 radical (unpaired) electrons. The highest BCUT2D eigenvalue weighted by Crippen LogP contribution is 2.33. The summed E-state index contributed by atoms with van der Waals surface area (Å²) in [4.78, 5) is 17.5. The van der Waals surface area contributed by atoms with Crippen molar-refractivity contribution in [2.75, 3.05) is 0 Å². The lowest BCUT2D eigenvalue weighted by atomic mass is 10.1. The van der Waals surface area contributed by atoms with Gasteiger partial charge < -0.3 is 5.11 Å². The molecule has 0 aliphatic carbocycles. The molecule has 0 aliphatic rings. The van der Waals surface area contributed by atoms with Crippen LogP contribution < -0.4 is 0 Å². The minimum absolute atomic E-state index is 0.346. The number of carboxylic acids is 1. The molecule has 0 atom stereocenters. The fourth-order valence-corrected chi connectivity index (χ4v) is 3.16. The molecule has 104 valence electrons. The number of para-hydroxylation sites is 1. The first kappa shape index (κ1) is 13.6. The second kappa shape index (κ2) is 5.58. The molecule has 0 amide bonds. The molecule has 0 saturated heterocycles. The fourth-order valence-electron chi connectivity index (χ4n) is 2.18. The molecule has 0 fully saturated rings. The Labute approximate surface area is 126 Å². The molecular formula is C17H13NO2S. The Morgan fingerprint density at radius 2 is 1.95 bits per heavy atom. The smallest absolute Gasteiger partial charge is 0.335 e. The molecule has 1 heterocycles. The zero-order valence-corrected chi connectivity index (χ0v) is 12.2. The number of aromatic carboxylic acids is 1. The van der Waals surface area contributed by atoms with Gasteiger partial charge in [-0.15, -0.1) is 0 Å². The fraction of sp³-hybridized carbons (Fsp3) is 0.0588. The van der Waals surface area contributed by atoms with E-state index in [0.717, 1.165) is 26.3 Å². The molecule has 0 spiro atoms. The average Bonchev–Trinajstić information content (AvgIpc) is 2.49. The van der Waals surface area contributed by atoms with Crippen molar-refractivity contribution in [3.63, 3.8) is 0 Å². The zero-order valence-electron chi connectivity index (χ0n) is 11.4. The predicted octanol–water partition coefficient (Wildman–Crippen LogP) is 4.39. The Bertz CT molecular complexity index is 825. The van der Waals surface area contributed by atoms with E-state index < -0.39 is 5.97 Å². The van der Waals surface area contributed by atoms with Gasteiger partial charge >= 0.3 is 5.97 Å². The van der Waals surface area contributed by atoms with Gasteiger partial charge in [-0.3, -0.25) is 4.98 Å². The van der Waals surface area contributed by atoms with Gasteiger partial charge in [0, 0.05) is 21.4 Å². The van der Waals surface area contributed by atoms with Gasteiger partial charge in [0.05, 0.1) is 11.1 Å². The van der Waals surface area contributed by atoms with Crippen LogP contribution in [0, 0.1) is 6.92 Å². The topological polar surface area (TPSA) is 50.2 Å². The van der Waals surface area contributed by atoms with Gasteiger partial charge in [0.25, 0.3) is 0 Å². The Morgan fingerprint density at radius 3 is 2.76 bits per heavy atom. The number of aromatic nitrogens is 1. The van der Waals surface area contributed by atoms with Crippen LogP contribution in [-0.4, -0.2) is 16.1 Å². The molecule has 0 aliphatic heterocycles. The van der Waals surface area contributed by atoms with Crippen molar-refractivity contribution in [1.29, 1.82) is 0 Å².